The van der Waals surface area contributed by atoms with Crippen LogP contribution in [0.15, 0.2) is 48.9 Å². The van der Waals surface area contributed by atoms with Crippen LogP contribution in [0.3, 0.4) is 0 Å². The normalized spacial score (nSPS) is 12.2. The lowest BCUT2D eigenvalue weighted by Crippen LogP contribution is -2.21. The lowest BCUT2D eigenvalue weighted by Gasteiger charge is -2.15. The maximum Gasteiger partial charge on any atom is 0.422 e. The molecule has 0 saturated carbocycles. The van der Waals surface area contributed by atoms with Gasteiger partial charge in [-0.1, -0.05) is 0 Å². The van der Waals surface area contributed by atoms with Gasteiger partial charge in [-0.25, -0.2) is 9.97 Å². The number of hydrogen-bond donors (Lipinski definition) is 2. The molecule has 7 nitrogen and oxygen atoms in total. The lowest BCUT2D eigenvalue weighted by molar-refractivity contribution is -0.153. The molecule has 0 atom stereocenters. The molecule has 1 aromatic carbocycles. The number of nitrogens with one attached hydrogen (secondary N) is 2. The van der Waals surface area contributed by atoms with Gasteiger partial charge in [0, 0.05) is 25.0 Å². The molecule has 2 aromatic heterocycles. The fourth-order valence-corrected chi connectivity index (χ4v) is 2.82. The van der Waals surface area contributed by atoms with Gasteiger partial charge in [0.1, 0.15) is 17.1 Å². The Morgan fingerprint density at radius 1 is 0.892 bits per heavy atom. The van der Waals surface area contributed by atoms with Gasteiger partial charge in [-0.2, -0.15) is 39.5 Å². The van der Waals surface area contributed by atoms with Gasteiger partial charge in [0.2, 0.25) is 5.95 Å². The molecule has 0 spiro atoms. The highest BCUT2D eigenvalue weighted by molar-refractivity contribution is 6.03. The first-order chi connectivity index (χ1) is 17.1. The van der Waals surface area contributed by atoms with E-state index in [1.165, 1.54) is 0 Å². The molecule has 16 heteroatoms. The molecule has 3 aromatic rings. The third-order valence-electron chi connectivity index (χ3n) is 4.41. The van der Waals surface area contributed by atoms with Gasteiger partial charge in [0.15, 0.2) is 6.61 Å². The summed E-state index contributed by atoms with van der Waals surface area (Å²) in [5.41, 5.74) is -3.94. The van der Waals surface area contributed by atoms with E-state index in [9.17, 15) is 44.3 Å². The Bertz CT molecular complexity index is 1230. The Kier molecular flexibility index (Phi) is 7.78. The monoisotopic (exact) mass is 539 g/mol. The maximum absolute atomic E-state index is 13.0. The van der Waals surface area contributed by atoms with Gasteiger partial charge in [-0.15, -0.1) is 0 Å². The molecule has 1 amide bonds. The first-order valence-electron chi connectivity index (χ1n) is 9.92. The van der Waals surface area contributed by atoms with E-state index in [4.69, 9.17) is 0 Å². The lowest BCUT2D eigenvalue weighted by atomic mass is 10.0. The summed E-state index contributed by atoms with van der Waals surface area (Å²) < 4.78 is 120. The number of nitrogens with zero attached hydrogens (tertiary/aromatic N) is 3. The standard InChI is InChI=1S/C21H14F9N5O2/c22-19(23,24)10-37-16-2-3-31-9-15(16)34-17(36)14-1-4-32-18(35-14)33-8-11-5-12(20(25,26)27)7-13(6-11)21(28,29)30/h1-7,9H,8,10H2,(H,34,36)(H,32,33,35). The smallest absolute Gasteiger partial charge is 0.422 e. The number of ether oxygens (including phenoxy) is 1. The highest BCUT2D eigenvalue weighted by Gasteiger charge is 2.37. The van der Waals surface area contributed by atoms with E-state index >= 15 is 0 Å². The summed E-state index contributed by atoms with van der Waals surface area (Å²) in [5.74, 6) is -1.59. The molecule has 0 fully saturated rings. The fraction of sp³-hybridized carbons (Fsp3) is 0.238. The molecule has 0 saturated heterocycles. The van der Waals surface area contributed by atoms with Crippen molar-refractivity contribution >= 4 is 17.5 Å². The fourth-order valence-electron chi connectivity index (χ4n) is 2.82. The summed E-state index contributed by atoms with van der Waals surface area (Å²) in [5, 5.41) is 4.68. The Balaban J connectivity index is 1.75. The number of amides is 1. The van der Waals surface area contributed by atoms with E-state index < -0.39 is 48.7 Å². The van der Waals surface area contributed by atoms with Crippen LogP contribution in [0.4, 0.5) is 51.1 Å². The third-order valence-corrected chi connectivity index (χ3v) is 4.41. The molecule has 0 aliphatic heterocycles. The summed E-state index contributed by atoms with van der Waals surface area (Å²) in [6.45, 7) is -2.19. The van der Waals surface area contributed by atoms with Gasteiger partial charge < -0.3 is 15.4 Å². The minimum atomic E-state index is -5.03. The molecule has 3 rings (SSSR count). The van der Waals surface area contributed by atoms with Gasteiger partial charge >= 0.3 is 18.5 Å². The van der Waals surface area contributed by atoms with E-state index in [0.717, 1.165) is 30.7 Å². The number of aromatic nitrogens is 3. The van der Waals surface area contributed by atoms with Gasteiger partial charge in [-0.05, 0) is 29.8 Å². The van der Waals surface area contributed by atoms with Crippen LogP contribution in [0.1, 0.15) is 27.2 Å². The van der Waals surface area contributed by atoms with Crippen LogP contribution in [0.2, 0.25) is 0 Å². The zero-order chi connectivity index (χ0) is 27.4. The minimum Gasteiger partial charge on any atom is -0.482 e. The highest BCUT2D eigenvalue weighted by Crippen LogP contribution is 2.36. The predicted molar refractivity (Wildman–Crippen MR) is 110 cm³/mol. The second-order valence-corrected chi connectivity index (χ2v) is 7.26. The van der Waals surface area contributed by atoms with Crippen LogP contribution in [-0.2, 0) is 18.9 Å². The van der Waals surface area contributed by atoms with E-state index in [1.54, 1.807) is 0 Å². The average Bonchev–Trinajstić information content (AvgIpc) is 2.80. The second kappa shape index (κ2) is 10.5. The van der Waals surface area contributed by atoms with Crippen LogP contribution in [0.5, 0.6) is 5.75 Å². The van der Waals surface area contributed by atoms with Crippen molar-refractivity contribution in [3.8, 4) is 5.75 Å². The number of benzene rings is 1. The number of carbonyl (C=O) groups excluding carboxylic acids is 1. The van der Waals surface area contributed by atoms with Crippen molar-refractivity contribution in [2.75, 3.05) is 17.2 Å². The largest absolute Gasteiger partial charge is 0.482 e. The molecule has 0 bridgehead atoms. The Morgan fingerprint density at radius 3 is 2.14 bits per heavy atom. The molecule has 0 aliphatic carbocycles. The number of halogens is 9. The van der Waals surface area contributed by atoms with Crippen molar-refractivity contribution in [3.05, 3.63) is 71.3 Å². The molecule has 37 heavy (non-hydrogen) atoms. The summed E-state index contributed by atoms with van der Waals surface area (Å²) in [7, 11) is 0. The Hall–Kier alpha value is -4.11. The Morgan fingerprint density at radius 2 is 1.54 bits per heavy atom. The molecule has 0 unspecified atom stereocenters. The highest BCUT2D eigenvalue weighted by atomic mass is 19.4. The predicted octanol–water partition coefficient (Wildman–Crippen LogP) is 5.71. The van der Waals surface area contributed by atoms with E-state index in [2.05, 4.69) is 30.3 Å². The SMILES string of the molecule is O=C(Nc1cnccc1OCC(F)(F)F)c1ccnc(NCc2cc(C(F)(F)F)cc(C(F)(F)F)c2)n1. The molecule has 0 aliphatic rings. The molecular weight excluding hydrogens is 525 g/mol. The summed E-state index contributed by atoms with van der Waals surface area (Å²) in [6.07, 6.45) is -11.5. The quantitative estimate of drug-likeness (QED) is 0.374. The topological polar surface area (TPSA) is 89.0 Å². The number of rotatable bonds is 7. The molecule has 0 radical (unpaired) electrons. The van der Waals surface area contributed by atoms with Gasteiger partial charge in [-0.3, -0.25) is 9.78 Å². The second-order valence-electron chi connectivity index (χ2n) is 7.26. The molecule has 198 valence electrons. The van der Waals surface area contributed by atoms with E-state index in [1.807, 2.05) is 0 Å². The molecule has 2 N–H and O–H groups in total. The number of pyridine rings is 1. The van der Waals surface area contributed by atoms with Crippen LogP contribution in [-0.4, -0.2) is 33.6 Å². The first-order valence-corrected chi connectivity index (χ1v) is 9.92. The number of carbonyl (C=O) groups is 1. The van der Waals surface area contributed by atoms with Gasteiger partial charge in [0.05, 0.1) is 17.3 Å². The van der Waals surface area contributed by atoms with Gasteiger partial charge in [0.25, 0.3) is 5.91 Å². The van der Waals surface area contributed by atoms with Crippen molar-refractivity contribution in [1.82, 2.24) is 15.0 Å². The van der Waals surface area contributed by atoms with Crippen molar-refractivity contribution in [2.24, 2.45) is 0 Å². The summed E-state index contributed by atoms with van der Waals surface area (Å²) in [6, 6.07) is 3.21. The summed E-state index contributed by atoms with van der Waals surface area (Å²) in [4.78, 5) is 23.8. The van der Waals surface area contributed by atoms with Crippen LogP contribution >= 0.6 is 0 Å². The van der Waals surface area contributed by atoms with Crippen LogP contribution in [0, 0.1) is 0 Å². The zero-order valence-electron chi connectivity index (χ0n) is 18.1. The summed E-state index contributed by atoms with van der Waals surface area (Å²) >= 11 is 0. The van der Waals surface area contributed by atoms with E-state index in [0.29, 0.717) is 12.1 Å². The minimum absolute atomic E-state index is 0.0178. The van der Waals surface area contributed by atoms with Crippen LogP contribution in [0.25, 0.3) is 0 Å². The van der Waals surface area contributed by atoms with Crippen molar-refractivity contribution in [2.45, 2.75) is 25.1 Å². The van der Waals surface area contributed by atoms with Crippen LogP contribution < -0.4 is 15.4 Å². The van der Waals surface area contributed by atoms with Crippen molar-refractivity contribution < 1.29 is 49.0 Å². The van der Waals surface area contributed by atoms with Crippen molar-refractivity contribution in [3.63, 3.8) is 0 Å². The third kappa shape index (κ3) is 7.94. The van der Waals surface area contributed by atoms with E-state index in [-0.39, 0.29) is 34.7 Å². The number of anilines is 2. The molecular formula is C21H14F9N5O2. The zero-order valence-corrected chi connectivity index (χ0v) is 18.1. The first kappa shape index (κ1) is 27.5. The number of hydrogen-bond acceptors (Lipinski definition) is 6. The maximum atomic E-state index is 13.0. The number of alkyl halides is 9. The molecule has 2 heterocycles. The average molecular weight is 539 g/mol. The Labute approximate surface area is 201 Å². The van der Waals surface area contributed by atoms with Crippen molar-refractivity contribution in [1.29, 1.82) is 0 Å².